The van der Waals surface area contributed by atoms with Crippen molar-refractivity contribution >= 4 is 33.6 Å². The van der Waals surface area contributed by atoms with Gasteiger partial charge in [-0.3, -0.25) is 4.90 Å². The van der Waals surface area contributed by atoms with E-state index in [0.29, 0.717) is 12.5 Å². The van der Waals surface area contributed by atoms with E-state index in [1.165, 1.54) is 6.08 Å². The van der Waals surface area contributed by atoms with Crippen molar-refractivity contribution in [1.29, 1.82) is 0 Å². The number of para-hydroxylation sites is 1. The minimum absolute atomic E-state index is 0.299. The Kier molecular flexibility index (Phi) is 5.65. The molecule has 2 aromatic heterocycles. The Labute approximate surface area is 162 Å². The average molecular weight is 382 g/mol. The van der Waals surface area contributed by atoms with Crippen LogP contribution in [0.1, 0.15) is 23.6 Å². The van der Waals surface area contributed by atoms with E-state index in [1.54, 1.807) is 23.7 Å². The van der Waals surface area contributed by atoms with Crippen LogP contribution in [0.2, 0.25) is 0 Å². The van der Waals surface area contributed by atoms with Gasteiger partial charge in [0, 0.05) is 6.08 Å². The largest absolute Gasteiger partial charge is 0.468 e. The summed E-state index contributed by atoms with van der Waals surface area (Å²) < 4.78 is 12.0. The molecule has 5 nitrogen and oxygen atoms in total. The van der Waals surface area contributed by atoms with Gasteiger partial charge in [0.25, 0.3) is 0 Å². The van der Waals surface area contributed by atoms with Gasteiger partial charge in [0.1, 0.15) is 10.8 Å². The van der Waals surface area contributed by atoms with E-state index in [-0.39, 0.29) is 5.97 Å². The number of thiazole rings is 1. The molecule has 140 valence electrons. The quantitative estimate of drug-likeness (QED) is 0.468. The Morgan fingerprint density at radius 3 is 2.89 bits per heavy atom. The first-order valence-corrected chi connectivity index (χ1v) is 10.0. The second kappa shape index (κ2) is 8.50. The second-order valence-corrected chi connectivity index (χ2v) is 7.84. The van der Waals surface area contributed by atoms with Gasteiger partial charge in [0.15, 0.2) is 0 Å². The number of furan rings is 1. The lowest BCUT2D eigenvalue weighted by molar-refractivity contribution is -0.139. The molecule has 6 heteroatoms. The van der Waals surface area contributed by atoms with Crippen molar-refractivity contribution in [3.63, 3.8) is 0 Å². The first kappa shape index (κ1) is 17.9. The van der Waals surface area contributed by atoms with Gasteiger partial charge in [0.2, 0.25) is 0 Å². The van der Waals surface area contributed by atoms with Crippen LogP contribution in [0.3, 0.4) is 0 Å². The smallest absolute Gasteiger partial charge is 0.330 e. The molecule has 0 amide bonds. The molecular formula is C21H22N2O3S. The van der Waals surface area contributed by atoms with Crippen LogP contribution in [-0.2, 0) is 16.1 Å². The summed E-state index contributed by atoms with van der Waals surface area (Å²) in [6, 6.07) is 11.9. The average Bonchev–Trinajstić information content (AvgIpc) is 3.35. The van der Waals surface area contributed by atoms with Gasteiger partial charge in [-0.15, -0.1) is 11.3 Å². The van der Waals surface area contributed by atoms with E-state index in [2.05, 4.69) is 9.88 Å². The fourth-order valence-corrected chi connectivity index (χ4v) is 4.15. The van der Waals surface area contributed by atoms with Crippen LogP contribution in [0, 0.1) is 5.92 Å². The number of likely N-dealkylation sites (tertiary alicyclic amines) is 1. The highest BCUT2D eigenvalue weighted by Crippen LogP contribution is 2.23. The number of aromatic nitrogens is 1. The van der Waals surface area contributed by atoms with E-state index in [1.807, 2.05) is 36.4 Å². The van der Waals surface area contributed by atoms with E-state index >= 15 is 0 Å². The third-order valence-corrected chi connectivity index (χ3v) is 5.80. The van der Waals surface area contributed by atoms with E-state index < -0.39 is 0 Å². The molecule has 1 aliphatic rings. The van der Waals surface area contributed by atoms with Crippen LogP contribution < -0.4 is 0 Å². The summed E-state index contributed by atoms with van der Waals surface area (Å²) in [6.45, 7) is 3.34. The summed E-state index contributed by atoms with van der Waals surface area (Å²) in [5.74, 6) is 1.13. The van der Waals surface area contributed by atoms with Crippen molar-refractivity contribution in [2.75, 3.05) is 19.7 Å². The molecule has 4 rings (SSSR count). The number of ether oxygens (including phenoxy) is 1. The van der Waals surface area contributed by atoms with Gasteiger partial charge in [0.05, 0.1) is 29.6 Å². The number of fused-ring (bicyclic) bond motifs is 1. The number of carbonyl (C=O) groups excluding carboxylic acids is 1. The predicted molar refractivity (Wildman–Crippen MR) is 106 cm³/mol. The number of piperidine rings is 1. The molecule has 3 heterocycles. The van der Waals surface area contributed by atoms with Crippen LogP contribution in [0.5, 0.6) is 0 Å². The molecule has 1 aromatic carbocycles. The van der Waals surface area contributed by atoms with Gasteiger partial charge < -0.3 is 9.15 Å². The lowest BCUT2D eigenvalue weighted by Crippen LogP contribution is -2.34. The highest BCUT2D eigenvalue weighted by atomic mass is 32.1. The lowest BCUT2D eigenvalue weighted by Gasteiger charge is -2.30. The van der Waals surface area contributed by atoms with Crippen molar-refractivity contribution in [3.8, 4) is 0 Å². The number of hydrogen-bond donors (Lipinski definition) is 0. The van der Waals surface area contributed by atoms with Crippen LogP contribution in [-0.4, -0.2) is 35.5 Å². The summed E-state index contributed by atoms with van der Waals surface area (Å²) in [7, 11) is 0. The Hall–Kier alpha value is -2.44. The van der Waals surface area contributed by atoms with Gasteiger partial charge in [-0.05, 0) is 62.2 Å². The number of nitrogens with zero attached hydrogens (tertiary/aromatic N) is 2. The molecule has 0 aliphatic carbocycles. The van der Waals surface area contributed by atoms with Gasteiger partial charge >= 0.3 is 5.97 Å². The summed E-state index contributed by atoms with van der Waals surface area (Å²) in [4.78, 5) is 18.9. The molecule has 0 unspecified atom stereocenters. The highest BCUT2D eigenvalue weighted by molar-refractivity contribution is 7.19. The first-order valence-electron chi connectivity index (χ1n) is 9.21. The maximum Gasteiger partial charge on any atom is 0.330 e. The molecule has 0 atom stereocenters. The van der Waals surface area contributed by atoms with Crippen molar-refractivity contribution < 1.29 is 13.9 Å². The molecule has 1 fully saturated rings. The third-order valence-electron chi connectivity index (χ3n) is 4.80. The fraction of sp³-hybridized carbons (Fsp3) is 0.333. The molecule has 1 aliphatic heterocycles. The van der Waals surface area contributed by atoms with Gasteiger partial charge in [-0.25, -0.2) is 9.78 Å². The number of hydrogen-bond acceptors (Lipinski definition) is 6. The van der Waals surface area contributed by atoms with Crippen molar-refractivity contribution in [3.05, 3.63) is 59.5 Å². The van der Waals surface area contributed by atoms with E-state index in [0.717, 1.165) is 53.5 Å². The van der Waals surface area contributed by atoms with E-state index in [9.17, 15) is 4.79 Å². The number of carbonyl (C=O) groups is 1. The van der Waals surface area contributed by atoms with Gasteiger partial charge in [-0.1, -0.05) is 12.1 Å². The van der Waals surface area contributed by atoms with E-state index in [4.69, 9.17) is 9.15 Å². The Bertz CT molecular complexity index is 876. The van der Waals surface area contributed by atoms with Crippen molar-refractivity contribution in [2.45, 2.75) is 19.4 Å². The topological polar surface area (TPSA) is 55.6 Å². The number of esters is 1. The third kappa shape index (κ3) is 4.84. The summed E-state index contributed by atoms with van der Waals surface area (Å²) in [6.07, 6.45) is 7.00. The fourth-order valence-electron chi connectivity index (χ4n) is 3.28. The number of benzene rings is 1. The zero-order valence-corrected chi connectivity index (χ0v) is 15.9. The van der Waals surface area contributed by atoms with Crippen LogP contribution in [0.4, 0.5) is 0 Å². The molecule has 0 radical (unpaired) electrons. The molecule has 1 saturated heterocycles. The Morgan fingerprint density at radius 1 is 1.26 bits per heavy atom. The molecule has 3 aromatic rings. The van der Waals surface area contributed by atoms with Crippen molar-refractivity contribution in [1.82, 2.24) is 9.88 Å². The zero-order chi connectivity index (χ0) is 18.5. The zero-order valence-electron chi connectivity index (χ0n) is 15.0. The lowest BCUT2D eigenvalue weighted by atomic mass is 9.98. The normalized spacial score (nSPS) is 16.3. The predicted octanol–water partition coefficient (Wildman–Crippen LogP) is 4.36. The van der Waals surface area contributed by atoms with Crippen LogP contribution in [0.25, 0.3) is 16.3 Å². The van der Waals surface area contributed by atoms with Crippen LogP contribution >= 0.6 is 11.3 Å². The summed E-state index contributed by atoms with van der Waals surface area (Å²) in [5.41, 5.74) is 0.955. The van der Waals surface area contributed by atoms with Gasteiger partial charge in [-0.2, -0.15) is 0 Å². The standard InChI is InChI=1S/C21H22N2O3S/c24-21(8-7-20-22-18-5-1-2-6-19(18)27-20)26-15-16-9-11-23(12-10-16)14-17-4-3-13-25-17/h1-8,13,16H,9-12,14-15H2/b8-7+. The second-order valence-electron chi connectivity index (χ2n) is 6.78. The SMILES string of the molecule is O=C(/C=C/c1nc2ccccc2s1)OCC1CCN(Cc2ccco2)CC1. The highest BCUT2D eigenvalue weighted by Gasteiger charge is 2.20. The molecule has 0 bridgehead atoms. The van der Waals surface area contributed by atoms with Crippen LogP contribution in [0.15, 0.2) is 53.2 Å². The van der Waals surface area contributed by atoms with Crippen molar-refractivity contribution in [2.24, 2.45) is 5.92 Å². The maximum absolute atomic E-state index is 12.0. The minimum Gasteiger partial charge on any atom is -0.468 e. The minimum atomic E-state index is -0.299. The molecular weight excluding hydrogens is 360 g/mol. The summed E-state index contributed by atoms with van der Waals surface area (Å²) in [5, 5.41) is 0.819. The summed E-state index contributed by atoms with van der Waals surface area (Å²) >= 11 is 1.57. The first-order chi connectivity index (χ1) is 13.3. The Balaban J connectivity index is 1.20. The molecule has 0 N–H and O–H groups in total. The Morgan fingerprint density at radius 2 is 2.11 bits per heavy atom. The monoisotopic (exact) mass is 382 g/mol. The maximum atomic E-state index is 12.0. The molecule has 0 spiro atoms. The molecule has 27 heavy (non-hydrogen) atoms. The molecule has 0 saturated carbocycles. The number of rotatable bonds is 6.